The minimum Gasteiger partial charge on any atom is -0.492 e. The van der Waals surface area contributed by atoms with Crippen LogP contribution in [0.25, 0.3) is 10.9 Å². The molecule has 5 heterocycles. The monoisotopic (exact) mass is 819 g/mol. The summed E-state index contributed by atoms with van der Waals surface area (Å²) in [7, 11) is -0.487. The van der Waals surface area contributed by atoms with E-state index >= 15 is 0 Å². The van der Waals surface area contributed by atoms with Crippen LogP contribution in [0.5, 0.6) is 11.5 Å². The second kappa shape index (κ2) is 15.6. The quantitative estimate of drug-likeness (QED) is 0.161. The average Bonchev–Trinajstić information content (AvgIpc) is 4.06. The predicted molar refractivity (Wildman–Crippen MR) is 234 cm³/mol. The lowest BCUT2D eigenvalue weighted by atomic mass is 9.65. The van der Waals surface area contributed by atoms with Crippen LogP contribution >= 0.6 is 0 Å². The summed E-state index contributed by atoms with van der Waals surface area (Å²) in [5, 5.41) is 0.962. The molecule has 12 heteroatoms. The standard InChI is InChI=1S/C49H54BN5O6/c51-27-30-3-1-4-33(21-30)32-13-17-54(18-14-32)47(56)35-5-2-6-38(24-35)59-44-26-34-8-10-39(44)46-45(34)60-50(61-46)37-9-11-41-36(23-37)25-42(53-41)48(57)55-19-15-49(16-20-55)29-58-43-12-7-31(28-52)22-40(43)49/h1-7,9,11-12,21-25,32,34,39,44-46,53H,8,10,13-20,26-29,51-52H2/t34?,39?,44-,45?,46?/m0/s1. The first-order chi connectivity index (χ1) is 29.8. The van der Waals surface area contributed by atoms with Crippen molar-refractivity contribution in [3.63, 3.8) is 0 Å². The zero-order valence-electron chi connectivity index (χ0n) is 34.6. The van der Waals surface area contributed by atoms with Crippen LogP contribution in [0.3, 0.4) is 0 Å². The molecule has 2 amide bonds. The zero-order chi connectivity index (χ0) is 41.2. The van der Waals surface area contributed by atoms with Crippen molar-refractivity contribution in [2.24, 2.45) is 23.3 Å². The lowest BCUT2D eigenvalue weighted by Crippen LogP contribution is -2.54. The molecule has 4 unspecified atom stereocenters. The van der Waals surface area contributed by atoms with E-state index in [1.165, 1.54) is 11.1 Å². The highest BCUT2D eigenvalue weighted by Gasteiger charge is 2.57. The summed E-state index contributed by atoms with van der Waals surface area (Å²) in [5.41, 5.74) is 19.7. The molecule has 7 aliphatic rings. The van der Waals surface area contributed by atoms with Gasteiger partial charge in [-0.25, -0.2) is 0 Å². The SMILES string of the molecule is NCc1cccc(C2CCN(C(=O)c3cccc(O[C@H]4CC5CCC4C4OB(c6ccc7[nH]c(C(=O)N8CCC9(CC8)COc8ccc(CN)cc89)cc7c6)OC54)c3)CC2)c1. The molecule has 3 aliphatic carbocycles. The second-order valence-corrected chi connectivity index (χ2v) is 18.4. The molecule has 2 bridgehead atoms. The first kappa shape index (κ1) is 38.8. The Hall–Kier alpha value is -5.14. The highest BCUT2D eigenvalue weighted by molar-refractivity contribution is 6.62. The predicted octanol–water partition coefficient (Wildman–Crippen LogP) is 6.03. The van der Waals surface area contributed by atoms with Gasteiger partial charge in [0.2, 0.25) is 0 Å². The smallest absolute Gasteiger partial charge is 0.492 e. The Labute approximate surface area is 357 Å². The number of amides is 2. The van der Waals surface area contributed by atoms with Crippen LogP contribution in [0.2, 0.25) is 0 Å². The number of nitrogens with zero attached hydrogens (tertiary/aromatic N) is 2. The van der Waals surface area contributed by atoms with Gasteiger partial charge in [-0.15, -0.1) is 0 Å². The van der Waals surface area contributed by atoms with Gasteiger partial charge in [0.25, 0.3) is 11.8 Å². The number of carbonyl (C=O) groups excluding carboxylic acids is 2. The summed E-state index contributed by atoms with van der Waals surface area (Å²) in [6, 6.07) is 30.7. The van der Waals surface area contributed by atoms with Crippen molar-refractivity contribution >= 4 is 35.3 Å². The van der Waals surface area contributed by atoms with Crippen molar-refractivity contribution in [2.45, 2.75) is 87.7 Å². The van der Waals surface area contributed by atoms with Crippen molar-refractivity contribution in [3.05, 3.63) is 125 Å². The third-order valence-electron chi connectivity index (χ3n) is 15.0. The van der Waals surface area contributed by atoms with E-state index in [0.29, 0.717) is 55.9 Å². The highest BCUT2D eigenvalue weighted by Crippen LogP contribution is 2.49. The molecule has 3 saturated heterocycles. The molecule has 11 nitrogen and oxygen atoms in total. The van der Waals surface area contributed by atoms with Crippen LogP contribution in [0, 0.1) is 11.8 Å². The molecule has 314 valence electrons. The zero-order valence-corrected chi connectivity index (χ0v) is 34.6. The average molecular weight is 820 g/mol. The number of fused-ring (bicyclic) bond motifs is 5. The van der Waals surface area contributed by atoms with Crippen LogP contribution in [-0.2, 0) is 27.8 Å². The Morgan fingerprint density at radius 2 is 1.57 bits per heavy atom. The van der Waals surface area contributed by atoms with Gasteiger partial charge in [-0.1, -0.05) is 54.6 Å². The van der Waals surface area contributed by atoms with Crippen molar-refractivity contribution in [2.75, 3.05) is 32.8 Å². The lowest BCUT2D eigenvalue weighted by molar-refractivity contribution is -0.0909. The Morgan fingerprint density at radius 3 is 2.41 bits per heavy atom. The van der Waals surface area contributed by atoms with Crippen LogP contribution in [-0.4, -0.2) is 84.8 Å². The molecule has 4 aliphatic heterocycles. The molecule has 5 N–H and O–H groups in total. The van der Waals surface area contributed by atoms with Crippen LogP contribution in [0.15, 0.2) is 91.0 Å². The van der Waals surface area contributed by atoms with Gasteiger partial charge < -0.3 is 45.0 Å². The second-order valence-electron chi connectivity index (χ2n) is 18.4. The minimum absolute atomic E-state index is 0.0119. The molecule has 0 radical (unpaired) electrons. The van der Waals surface area contributed by atoms with E-state index in [1.807, 2.05) is 64.4 Å². The summed E-state index contributed by atoms with van der Waals surface area (Å²) < 4.78 is 26.3. The van der Waals surface area contributed by atoms with E-state index in [4.69, 9.17) is 30.2 Å². The Morgan fingerprint density at radius 1 is 0.787 bits per heavy atom. The fourth-order valence-corrected chi connectivity index (χ4v) is 11.5. The summed E-state index contributed by atoms with van der Waals surface area (Å²) >= 11 is 0. The summed E-state index contributed by atoms with van der Waals surface area (Å²) in [5.74, 6) is 2.71. The molecule has 1 spiro atoms. The van der Waals surface area contributed by atoms with E-state index in [1.54, 1.807) is 0 Å². The van der Waals surface area contributed by atoms with Gasteiger partial charge in [-0.05, 0) is 121 Å². The molecule has 4 aromatic carbocycles. The number of nitrogens with two attached hydrogens (primary N) is 2. The fraction of sp³-hybridized carbons (Fsp3) is 0.429. The molecule has 3 saturated carbocycles. The van der Waals surface area contributed by atoms with Gasteiger partial charge in [0, 0.05) is 67.2 Å². The molecular formula is C49H54BN5O6. The van der Waals surface area contributed by atoms with Gasteiger partial charge in [0.15, 0.2) is 0 Å². The maximum atomic E-state index is 13.8. The maximum Gasteiger partial charge on any atom is 0.494 e. The lowest BCUT2D eigenvalue weighted by Gasteiger charge is -2.48. The first-order valence-electron chi connectivity index (χ1n) is 22.4. The first-order valence-corrected chi connectivity index (χ1v) is 22.4. The number of nitrogens with one attached hydrogen (secondary N) is 1. The Bertz CT molecular complexity index is 2470. The molecule has 5 aromatic rings. The number of rotatable bonds is 8. The number of hydrogen-bond acceptors (Lipinski definition) is 8. The number of aromatic nitrogens is 1. The number of piperidine rings is 2. The third-order valence-corrected chi connectivity index (χ3v) is 15.0. The molecule has 61 heavy (non-hydrogen) atoms. The Balaban J connectivity index is 0.717. The topological polar surface area (TPSA) is 145 Å². The fourth-order valence-electron chi connectivity index (χ4n) is 11.5. The number of H-pyrrole nitrogens is 1. The third kappa shape index (κ3) is 7.01. The van der Waals surface area contributed by atoms with Crippen LogP contribution in [0.4, 0.5) is 0 Å². The van der Waals surface area contributed by atoms with Crippen molar-refractivity contribution in [3.8, 4) is 11.5 Å². The van der Waals surface area contributed by atoms with E-state index in [-0.39, 0.29) is 41.5 Å². The van der Waals surface area contributed by atoms with Gasteiger partial charge in [-0.3, -0.25) is 9.59 Å². The normalized spacial score (nSPS) is 25.5. The maximum absolute atomic E-state index is 13.8. The van der Waals surface area contributed by atoms with E-state index in [9.17, 15) is 9.59 Å². The molecule has 5 atom stereocenters. The van der Waals surface area contributed by atoms with Gasteiger partial charge in [-0.2, -0.15) is 0 Å². The summed E-state index contributed by atoms with van der Waals surface area (Å²) in [6.07, 6.45) is 6.52. The number of hydrogen-bond donors (Lipinski definition) is 3. The largest absolute Gasteiger partial charge is 0.494 e. The van der Waals surface area contributed by atoms with Crippen LogP contribution < -0.4 is 26.4 Å². The number of carbonyl (C=O) groups is 2. The minimum atomic E-state index is -0.487. The van der Waals surface area contributed by atoms with Gasteiger partial charge in [0.1, 0.15) is 23.3 Å². The van der Waals surface area contributed by atoms with Gasteiger partial charge in [0.05, 0.1) is 18.8 Å². The van der Waals surface area contributed by atoms with E-state index < -0.39 is 7.12 Å². The summed E-state index contributed by atoms with van der Waals surface area (Å²) in [4.78, 5) is 34.9. The van der Waals surface area contributed by atoms with Crippen molar-refractivity contribution < 1.29 is 28.4 Å². The number of likely N-dealkylation sites (tertiary alicyclic amines) is 2. The highest BCUT2D eigenvalue weighted by atomic mass is 16.7. The van der Waals surface area contributed by atoms with Crippen molar-refractivity contribution in [1.82, 2.24) is 14.8 Å². The number of aromatic amines is 1. The number of benzene rings is 4. The summed E-state index contributed by atoms with van der Waals surface area (Å²) in [6.45, 7) is 4.50. The van der Waals surface area contributed by atoms with E-state index in [0.717, 1.165) is 97.0 Å². The Kier molecular flexibility index (Phi) is 9.94. The van der Waals surface area contributed by atoms with Gasteiger partial charge >= 0.3 is 7.12 Å². The van der Waals surface area contributed by atoms with Crippen molar-refractivity contribution in [1.29, 1.82) is 0 Å². The molecular weight excluding hydrogens is 765 g/mol. The van der Waals surface area contributed by atoms with E-state index in [2.05, 4.69) is 41.4 Å². The van der Waals surface area contributed by atoms with Crippen LogP contribution in [0.1, 0.15) is 94.0 Å². The number of ether oxygens (including phenoxy) is 2. The molecule has 1 aromatic heterocycles. The molecule has 12 rings (SSSR count). The molecule has 6 fully saturated rings.